The molecule has 3 fully saturated rings. The van der Waals surface area contributed by atoms with Crippen LogP contribution in [0.3, 0.4) is 0 Å². The lowest BCUT2D eigenvalue weighted by Crippen LogP contribution is -2.59. The number of aliphatic hydroxyl groups excluding tert-OH is 1. The number of nitrogens with one attached hydrogen (secondary N) is 2. The van der Waals surface area contributed by atoms with Gasteiger partial charge in [0.1, 0.15) is 11.6 Å². The summed E-state index contributed by atoms with van der Waals surface area (Å²) in [5, 5.41) is 16.4. The summed E-state index contributed by atoms with van der Waals surface area (Å²) in [7, 11) is 0. The average molecular weight is 520 g/mol. The van der Waals surface area contributed by atoms with Gasteiger partial charge in [-0.3, -0.25) is 14.4 Å². The predicted molar refractivity (Wildman–Crippen MR) is 141 cm³/mol. The molecule has 0 radical (unpaired) electrons. The summed E-state index contributed by atoms with van der Waals surface area (Å²) in [4.78, 5) is 43.1. The molecule has 3 aliphatic heterocycles. The van der Waals surface area contributed by atoms with Crippen molar-refractivity contribution < 1.29 is 24.2 Å². The van der Waals surface area contributed by atoms with Crippen molar-refractivity contribution in [1.29, 1.82) is 0 Å². The molecule has 5 rings (SSSR count). The molecule has 38 heavy (non-hydrogen) atoms. The number of rotatable bonds is 10. The normalized spacial score (nSPS) is 29.1. The second kappa shape index (κ2) is 10.9. The highest BCUT2D eigenvalue weighted by Gasteiger charge is 2.75. The molecule has 3 saturated heterocycles. The van der Waals surface area contributed by atoms with Crippen LogP contribution in [0.2, 0.25) is 0 Å². The average Bonchev–Trinajstić information content (AvgIpc) is 3.59. The first-order valence-corrected chi connectivity index (χ1v) is 13.7. The Labute approximate surface area is 223 Å². The Morgan fingerprint density at radius 3 is 2.16 bits per heavy atom. The number of aliphatic hydroxyl groups is 1. The van der Waals surface area contributed by atoms with Crippen LogP contribution in [0, 0.1) is 17.8 Å². The topological polar surface area (TPSA) is 108 Å². The van der Waals surface area contributed by atoms with Crippen LogP contribution in [0.1, 0.15) is 44.2 Å². The number of fused-ring (bicyclic) bond motifs is 1. The van der Waals surface area contributed by atoms with Crippen LogP contribution in [0.4, 0.5) is 0 Å². The van der Waals surface area contributed by atoms with Gasteiger partial charge >= 0.3 is 0 Å². The van der Waals surface area contributed by atoms with Gasteiger partial charge < -0.3 is 25.4 Å². The molecular formula is C30H37N3O5. The van der Waals surface area contributed by atoms with Gasteiger partial charge in [-0.1, -0.05) is 80.9 Å². The van der Waals surface area contributed by atoms with Crippen molar-refractivity contribution in [2.75, 3.05) is 6.61 Å². The third-order valence-electron chi connectivity index (χ3n) is 8.75. The van der Waals surface area contributed by atoms with E-state index in [2.05, 4.69) is 10.6 Å². The molecule has 0 aromatic heterocycles. The van der Waals surface area contributed by atoms with Gasteiger partial charge in [0.25, 0.3) is 0 Å². The van der Waals surface area contributed by atoms with E-state index in [9.17, 15) is 19.5 Å². The lowest BCUT2D eigenvalue weighted by Gasteiger charge is -2.38. The highest BCUT2D eigenvalue weighted by molar-refractivity contribution is 5.99. The number of ether oxygens (including phenoxy) is 1. The summed E-state index contributed by atoms with van der Waals surface area (Å²) in [5.41, 5.74) is 0.827. The number of nitrogens with zero attached hydrogens (tertiary/aromatic N) is 1. The largest absolute Gasteiger partial charge is 0.394 e. The zero-order valence-corrected chi connectivity index (χ0v) is 22.0. The van der Waals surface area contributed by atoms with Gasteiger partial charge in [-0.25, -0.2) is 0 Å². The van der Waals surface area contributed by atoms with Gasteiger partial charge in [-0.2, -0.15) is 0 Å². The van der Waals surface area contributed by atoms with Crippen molar-refractivity contribution in [3.8, 4) is 0 Å². The molecule has 2 aromatic carbocycles. The van der Waals surface area contributed by atoms with E-state index in [1.165, 1.54) is 0 Å². The summed E-state index contributed by atoms with van der Waals surface area (Å²) in [6.45, 7) is 4.38. The summed E-state index contributed by atoms with van der Waals surface area (Å²) in [6.07, 6.45) is 1.45. The van der Waals surface area contributed by atoms with E-state index < -0.39 is 35.6 Å². The second-order valence-corrected chi connectivity index (χ2v) is 10.8. The maximum absolute atomic E-state index is 14.1. The second-order valence-electron chi connectivity index (χ2n) is 10.8. The number of benzene rings is 2. The minimum absolute atomic E-state index is 0.0360. The van der Waals surface area contributed by atoms with Crippen molar-refractivity contribution >= 4 is 17.7 Å². The fourth-order valence-corrected chi connectivity index (χ4v) is 6.65. The Kier molecular flexibility index (Phi) is 7.54. The summed E-state index contributed by atoms with van der Waals surface area (Å²) in [6, 6.07) is 17.8. The first-order chi connectivity index (χ1) is 18.4. The number of hydrogen-bond acceptors (Lipinski definition) is 5. The van der Waals surface area contributed by atoms with E-state index >= 15 is 0 Å². The number of likely N-dealkylation sites (tertiary alicyclic amines) is 1. The lowest BCUT2D eigenvalue weighted by atomic mass is 9.70. The standard InChI is InChI=1S/C30H37N3O5/c1-3-19(2)22(18-34)33-26(28(36)32-17-21-12-8-5-9-13-21)30-15-14-23(38-30)24(25(30)29(33)37)27(35)31-16-20-10-6-4-7-11-20/h4-13,19,22-26,34H,3,14-18H2,1-2H3,(H,31,35)(H,32,36)/t19-,22-,23-,24+,25-,26?,30?/m0/s1. The SMILES string of the molecule is CC[C@H](C)[C@H](CO)N1C(=O)[C@@H]2[C@H](C(=O)NCc3ccccc3)[C@@H]3CCC2(O3)C1C(=O)NCc1ccccc1. The van der Waals surface area contributed by atoms with Gasteiger partial charge in [-0.05, 0) is 29.9 Å². The molecule has 1 spiro atoms. The van der Waals surface area contributed by atoms with E-state index in [1.807, 2.05) is 74.5 Å². The van der Waals surface area contributed by atoms with Gasteiger partial charge in [0.2, 0.25) is 17.7 Å². The van der Waals surface area contributed by atoms with Gasteiger partial charge in [-0.15, -0.1) is 0 Å². The van der Waals surface area contributed by atoms with E-state index in [0.29, 0.717) is 25.9 Å². The van der Waals surface area contributed by atoms with Gasteiger partial charge in [0, 0.05) is 13.1 Å². The zero-order chi connectivity index (χ0) is 26.9. The molecule has 3 heterocycles. The molecule has 2 unspecified atom stereocenters. The van der Waals surface area contributed by atoms with Crippen LogP contribution in [0.25, 0.3) is 0 Å². The Morgan fingerprint density at radius 2 is 1.61 bits per heavy atom. The van der Waals surface area contributed by atoms with Crippen LogP contribution >= 0.6 is 0 Å². The lowest BCUT2D eigenvalue weighted by molar-refractivity contribution is -0.147. The van der Waals surface area contributed by atoms with E-state index in [-0.39, 0.29) is 30.2 Å². The van der Waals surface area contributed by atoms with E-state index in [1.54, 1.807) is 4.90 Å². The maximum atomic E-state index is 14.1. The molecule has 8 heteroatoms. The molecule has 3 amide bonds. The third-order valence-corrected chi connectivity index (χ3v) is 8.75. The van der Waals surface area contributed by atoms with Crippen molar-refractivity contribution in [2.45, 2.75) is 70.0 Å². The minimum Gasteiger partial charge on any atom is -0.394 e. The number of amides is 3. The molecule has 8 nitrogen and oxygen atoms in total. The Balaban J connectivity index is 1.44. The minimum atomic E-state index is -1.09. The molecule has 2 bridgehead atoms. The van der Waals surface area contributed by atoms with Gasteiger partial charge in [0.05, 0.1) is 30.6 Å². The molecule has 0 aliphatic carbocycles. The van der Waals surface area contributed by atoms with Crippen molar-refractivity contribution in [3.63, 3.8) is 0 Å². The summed E-state index contributed by atoms with van der Waals surface area (Å²) >= 11 is 0. The van der Waals surface area contributed by atoms with Crippen LogP contribution in [-0.4, -0.2) is 58.1 Å². The highest BCUT2D eigenvalue weighted by atomic mass is 16.5. The number of hydrogen-bond donors (Lipinski definition) is 3. The number of carbonyl (C=O) groups is 3. The zero-order valence-electron chi connectivity index (χ0n) is 22.0. The molecule has 0 saturated carbocycles. The fourth-order valence-electron chi connectivity index (χ4n) is 6.65. The molecule has 2 aromatic rings. The molecular weight excluding hydrogens is 482 g/mol. The van der Waals surface area contributed by atoms with E-state index in [4.69, 9.17) is 4.74 Å². The van der Waals surface area contributed by atoms with Crippen LogP contribution < -0.4 is 10.6 Å². The first kappa shape index (κ1) is 26.4. The maximum Gasteiger partial charge on any atom is 0.246 e. The molecule has 202 valence electrons. The first-order valence-electron chi connectivity index (χ1n) is 13.7. The van der Waals surface area contributed by atoms with Crippen molar-refractivity contribution in [3.05, 3.63) is 71.8 Å². The van der Waals surface area contributed by atoms with Crippen LogP contribution in [-0.2, 0) is 32.2 Å². The quantitative estimate of drug-likeness (QED) is 0.447. The van der Waals surface area contributed by atoms with Crippen LogP contribution in [0.15, 0.2) is 60.7 Å². The van der Waals surface area contributed by atoms with Crippen molar-refractivity contribution in [1.82, 2.24) is 15.5 Å². The monoisotopic (exact) mass is 519 g/mol. The summed E-state index contributed by atoms with van der Waals surface area (Å²) < 4.78 is 6.50. The van der Waals surface area contributed by atoms with Crippen LogP contribution in [0.5, 0.6) is 0 Å². The molecule has 3 N–H and O–H groups in total. The fraction of sp³-hybridized carbons (Fsp3) is 0.500. The molecule has 7 atom stereocenters. The smallest absolute Gasteiger partial charge is 0.246 e. The van der Waals surface area contributed by atoms with E-state index in [0.717, 1.165) is 17.5 Å². The predicted octanol–water partition coefficient (Wildman–Crippen LogP) is 2.40. The Hall–Kier alpha value is -3.23. The van der Waals surface area contributed by atoms with Gasteiger partial charge in [0.15, 0.2) is 0 Å². The third kappa shape index (κ3) is 4.50. The summed E-state index contributed by atoms with van der Waals surface area (Å²) in [5.74, 6) is -2.28. The number of carbonyl (C=O) groups excluding carboxylic acids is 3. The molecule has 3 aliphatic rings. The Bertz CT molecular complexity index is 1160. The Morgan fingerprint density at radius 1 is 1.03 bits per heavy atom. The van der Waals surface area contributed by atoms with Crippen molar-refractivity contribution in [2.24, 2.45) is 17.8 Å². The highest BCUT2D eigenvalue weighted by Crippen LogP contribution is 2.59.